The molecule has 2 N–H and O–H groups in total. The summed E-state index contributed by atoms with van der Waals surface area (Å²) in [5, 5.41) is 18.7. The van der Waals surface area contributed by atoms with Gasteiger partial charge in [-0.15, -0.1) is 0 Å². The van der Waals surface area contributed by atoms with E-state index in [1.165, 1.54) is 0 Å². The molecule has 0 spiro atoms. The van der Waals surface area contributed by atoms with Crippen LogP contribution in [0.2, 0.25) is 0 Å². The molecule has 0 bridgehead atoms. The van der Waals surface area contributed by atoms with Crippen molar-refractivity contribution in [2.75, 3.05) is 18.6 Å². The van der Waals surface area contributed by atoms with E-state index >= 15 is 0 Å². The van der Waals surface area contributed by atoms with Gasteiger partial charge in [0.05, 0.1) is 6.04 Å². The van der Waals surface area contributed by atoms with Crippen molar-refractivity contribution < 1.29 is 19.4 Å². The molecule has 4 aromatic rings. The topological polar surface area (TPSA) is 95.5 Å². The summed E-state index contributed by atoms with van der Waals surface area (Å²) in [5.74, 6) is 0.404. The Balaban J connectivity index is 0.00000148. The second kappa shape index (κ2) is 10.5. The van der Waals surface area contributed by atoms with Crippen molar-refractivity contribution in [3.8, 4) is 16.9 Å². The third-order valence-corrected chi connectivity index (χ3v) is 6.71. The van der Waals surface area contributed by atoms with Gasteiger partial charge in [-0.25, -0.2) is 0 Å². The molecule has 0 radical (unpaired) electrons. The van der Waals surface area contributed by atoms with E-state index in [0.717, 1.165) is 47.0 Å². The molecular formula is C28H29N3O4S. The summed E-state index contributed by atoms with van der Waals surface area (Å²) in [6.45, 7) is 6.22. The monoisotopic (exact) mass is 503 g/mol. The number of thiophene rings is 1. The number of hydrogen-bond donors (Lipinski definition) is 2. The number of rotatable bonds is 6. The summed E-state index contributed by atoms with van der Waals surface area (Å²) in [6, 6.07) is 17.2. The van der Waals surface area contributed by atoms with Crippen LogP contribution in [-0.2, 0) is 10.2 Å². The van der Waals surface area contributed by atoms with Crippen molar-refractivity contribution in [3.63, 3.8) is 0 Å². The van der Waals surface area contributed by atoms with Crippen molar-refractivity contribution in [2.24, 2.45) is 0 Å². The molecule has 186 valence electrons. The molecule has 1 aliphatic heterocycles. The van der Waals surface area contributed by atoms with E-state index < -0.39 is 6.04 Å². The van der Waals surface area contributed by atoms with E-state index in [0.29, 0.717) is 11.4 Å². The first-order chi connectivity index (χ1) is 17.4. The van der Waals surface area contributed by atoms with Crippen LogP contribution in [0.4, 0.5) is 5.69 Å². The normalized spacial score (nSPS) is 14.8. The van der Waals surface area contributed by atoms with Gasteiger partial charge in [-0.05, 0) is 46.2 Å². The van der Waals surface area contributed by atoms with Crippen molar-refractivity contribution in [1.82, 2.24) is 10.2 Å². The number of anilines is 1. The van der Waals surface area contributed by atoms with Crippen LogP contribution in [-0.4, -0.2) is 41.2 Å². The maximum Gasteiger partial charge on any atom is 0.280 e. The highest BCUT2D eigenvalue weighted by Gasteiger charge is 2.45. The van der Waals surface area contributed by atoms with Crippen molar-refractivity contribution >= 4 is 29.2 Å². The summed E-state index contributed by atoms with van der Waals surface area (Å²) < 4.78 is 5.77. The number of aromatic amines is 1. The van der Waals surface area contributed by atoms with Gasteiger partial charge in [0.25, 0.3) is 5.91 Å². The lowest BCUT2D eigenvalue weighted by Gasteiger charge is -2.29. The van der Waals surface area contributed by atoms with Crippen LogP contribution in [0.3, 0.4) is 0 Å². The fraction of sp³-hybridized carbons (Fsp3) is 0.250. The molecule has 7 nitrogen and oxygen atoms in total. The Kier molecular flexibility index (Phi) is 7.37. The second-order valence-electron chi connectivity index (χ2n) is 9.26. The Morgan fingerprint density at radius 2 is 1.81 bits per heavy atom. The van der Waals surface area contributed by atoms with Crippen LogP contribution in [0.5, 0.6) is 5.75 Å². The fourth-order valence-electron chi connectivity index (χ4n) is 4.48. The average molecular weight is 504 g/mol. The second-order valence-corrected chi connectivity index (χ2v) is 10.0. The molecule has 1 aliphatic rings. The molecule has 1 amide bonds. The van der Waals surface area contributed by atoms with Crippen molar-refractivity contribution in [1.29, 1.82) is 0 Å². The molecule has 3 heterocycles. The number of ether oxygens (including phenoxy) is 1. The van der Waals surface area contributed by atoms with Gasteiger partial charge >= 0.3 is 0 Å². The summed E-state index contributed by atoms with van der Waals surface area (Å²) in [5.41, 5.74) is 5.75. The number of aliphatic hydroxyl groups is 1. The van der Waals surface area contributed by atoms with E-state index in [1.54, 1.807) is 16.2 Å². The molecule has 0 aliphatic carbocycles. The van der Waals surface area contributed by atoms with E-state index in [9.17, 15) is 9.59 Å². The van der Waals surface area contributed by atoms with E-state index in [1.807, 2.05) is 53.9 Å². The lowest BCUT2D eigenvalue weighted by molar-refractivity contribution is -0.109. The number of fused-ring (bicyclic) bond motifs is 1. The number of nitrogens with one attached hydrogen (secondary N) is 1. The SMILES string of the molecule is CC(C)(C)c1[nH]nc2c1C(c1ccccc1OCC=O)N(c1ccc(-c3ccsc3)cc1)C2=O.CO. The summed E-state index contributed by atoms with van der Waals surface area (Å²) >= 11 is 1.65. The minimum Gasteiger partial charge on any atom is -0.486 e. The largest absolute Gasteiger partial charge is 0.486 e. The van der Waals surface area contributed by atoms with E-state index in [4.69, 9.17) is 9.84 Å². The predicted molar refractivity (Wildman–Crippen MR) is 142 cm³/mol. The van der Waals surface area contributed by atoms with Gasteiger partial charge in [-0.3, -0.25) is 19.6 Å². The third kappa shape index (κ3) is 4.57. The number of amides is 1. The number of carbonyl (C=O) groups is 2. The van der Waals surface area contributed by atoms with Crippen LogP contribution in [0.25, 0.3) is 11.1 Å². The molecule has 0 saturated carbocycles. The lowest BCUT2D eigenvalue weighted by atomic mass is 9.85. The first-order valence-corrected chi connectivity index (χ1v) is 12.5. The van der Waals surface area contributed by atoms with Crippen LogP contribution >= 0.6 is 11.3 Å². The van der Waals surface area contributed by atoms with Gasteiger partial charge in [0.2, 0.25) is 0 Å². The highest BCUT2D eigenvalue weighted by atomic mass is 32.1. The number of hydrogen-bond acceptors (Lipinski definition) is 6. The van der Waals surface area contributed by atoms with Gasteiger partial charge in [0.1, 0.15) is 12.4 Å². The van der Waals surface area contributed by atoms with Crippen LogP contribution in [0.15, 0.2) is 65.4 Å². The van der Waals surface area contributed by atoms with Crippen LogP contribution < -0.4 is 9.64 Å². The maximum absolute atomic E-state index is 13.7. The van der Waals surface area contributed by atoms with Crippen LogP contribution in [0.1, 0.15) is 54.1 Å². The average Bonchev–Trinajstić information content (AvgIpc) is 3.62. The Morgan fingerprint density at radius 1 is 1.08 bits per heavy atom. The molecule has 36 heavy (non-hydrogen) atoms. The number of aromatic nitrogens is 2. The van der Waals surface area contributed by atoms with Crippen molar-refractivity contribution in [3.05, 3.63) is 87.9 Å². The molecule has 1 atom stereocenters. The fourth-order valence-corrected chi connectivity index (χ4v) is 5.14. The Hall–Kier alpha value is -3.75. The zero-order chi connectivity index (χ0) is 25.9. The van der Waals surface area contributed by atoms with E-state index in [2.05, 4.69) is 42.4 Å². The third-order valence-electron chi connectivity index (χ3n) is 6.03. The first kappa shape index (κ1) is 25.3. The number of nitrogens with zero attached hydrogens (tertiary/aromatic N) is 2. The van der Waals surface area contributed by atoms with E-state index in [-0.39, 0.29) is 17.9 Å². The molecular weight excluding hydrogens is 474 g/mol. The molecule has 2 aromatic carbocycles. The van der Waals surface area contributed by atoms with Gasteiger partial charge in [-0.1, -0.05) is 51.1 Å². The minimum absolute atomic E-state index is 0.0581. The van der Waals surface area contributed by atoms with Crippen molar-refractivity contribution in [2.45, 2.75) is 32.2 Å². The Morgan fingerprint density at radius 3 is 2.44 bits per heavy atom. The standard InChI is InChI=1S/C27H25N3O3S.CH4O/c1-27(2,3)25-22-23(28-29-25)26(32)30(19-10-8-17(9-11-19)18-12-15-34-16-18)24(22)20-6-4-5-7-21(20)33-14-13-31;1-2/h4-13,15-16,24H,14H2,1-3H3,(H,28,29);2H,1H3. The molecule has 1 unspecified atom stereocenters. The smallest absolute Gasteiger partial charge is 0.280 e. The molecule has 2 aromatic heterocycles. The van der Waals surface area contributed by atoms with Gasteiger partial charge in [-0.2, -0.15) is 16.4 Å². The number of aldehydes is 1. The number of benzene rings is 2. The zero-order valence-corrected chi connectivity index (χ0v) is 21.5. The number of para-hydroxylation sites is 1. The Labute approximate surface area is 214 Å². The number of aliphatic hydroxyl groups excluding tert-OH is 1. The summed E-state index contributed by atoms with van der Waals surface area (Å²) in [7, 11) is 1.00. The molecule has 8 heteroatoms. The van der Waals surface area contributed by atoms with Gasteiger partial charge < -0.3 is 9.84 Å². The zero-order valence-electron chi connectivity index (χ0n) is 20.7. The summed E-state index contributed by atoms with van der Waals surface area (Å²) in [6.07, 6.45) is 0.724. The highest BCUT2D eigenvalue weighted by Crippen LogP contribution is 2.47. The number of carbonyl (C=O) groups excluding carboxylic acids is 2. The minimum atomic E-state index is -0.440. The summed E-state index contributed by atoms with van der Waals surface area (Å²) in [4.78, 5) is 26.5. The first-order valence-electron chi connectivity index (χ1n) is 11.5. The Bertz CT molecular complexity index is 1340. The maximum atomic E-state index is 13.7. The molecule has 5 rings (SSSR count). The highest BCUT2D eigenvalue weighted by molar-refractivity contribution is 7.08. The van der Waals surface area contributed by atoms with Crippen LogP contribution in [0, 0.1) is 0 Å². The van der Waals surface area contributed by atoms with Gasteiger partial charge in [0.15, 0.2) is 12.0 Å². The predicted octanol–water partition coefficient (Wildman–Crippen LogP) is 5.37. The molecule has 0 fully saturated rings. The molecule has 0 saturated heterocycles. The quantitative estimate of drug-likeness (QED) is 0.345. The number of H-pyrrole nitrogens is 1. The van der Waals surface area contributed by atoms with Gasteiger partial charge in [0, 0.05) is 35.0 Å². The lowest BCUT2D eigenvalue weighted by Crippen LogP contribution is -2.30.